The molecular formula is C28H40N6O5S. The summed E-state index contributed by atoms with van der Waals surface area (Å²) in [5.41, 5.74) is 7.76. The van der Waals surface area contributed by atoms with Crippen LogP contribution in [0.25, 0.3) is 0 Å². The monoisotopic (exact) mass is 572 g/mol. The van der Waals surface area contributed by atoms with Crippen LogP contribution in [0.5, 0.6) is 0 Å². The van der Waals surface area contributed by atoms with Gasteiger partial charge in [-0.1, -0.05) is 17.2 Å². The first kappa shape index (κ1) is 32.4. The number of carbonyl (C=O) groups excluding carboxylic acids is 5. The Morgan fingerprint density at radius 1 is 1.10 bits per heavy atom. The largest absolute Gasteiger partial charge is 0.368 e. The zero-order valence-corrected chi connectivity index (χ0v) is 24.5. The van der Waals surface area contributed by atoms with E-state index < -0.39 is 36.0 Å². The van der Waals surface area contributed by atoms with Gasteiger partial charge in [-0.05, 0) is 71.4 Å². The van der Waals surface area contributed by atoms with Gasteiger partial charge in [-0.15, -0.1) is 11.8 Å². The fourth-order valence-electron chi connectivity index (χ4n) is 4.25. The number of nitrogens with two attached hydrogens (primary N) is 1. The predicted molar refractivity (Wildman–Crippen MR) is 157 cm³/mol. The second kappa shape index (κ2) is 15.7. The molecular weight excluding hydrogens is 532 g/mol. The van der Waals surface area contributed by atoms with Crippen LogP contribution < -0.4 is 27.0 Å². The number of nitrogens with zero attached hydrogens (tertiary/aromatic N) is 1. The van der Waals surface area contributed by atoms with Crippen molar-refractivity contribution in [2.75, 3.05) is 24.7 Å². The van der Waals surface area contributed by atoms with Crippen molar-refractivity contribution in [3.05, 3.63) is 47.6 Å². The number of thioether (sulfide) groups is 1. The highest BCUT2D eigenvalue weighted by Gasteiger charge is 2.43. The molecule has 12 heteroatoms. The van der Waals surface area contributed by atoms with Crippen LogP contribution in [0.15, 0.2) is 52.5 Å². The molecule has 1 fully saturated rings. The van der Waals surface area contributed by atoms with E-state index in [1.807, 2.05) is 38.3 Å². The van der Waals surface area contributed by atoms with E-state index >= 15 is 0 Å². The molecule has 1 aromatic carbocycles. The van der Waals surface area contributed by atoms with Gasteiger partial charge < -0.3 is 31.9 Å². The average Bonchev–Trinajstić information content (AvgIpc) is 3.28. The number of hydrogen-bond acceptors (Lipinski definition) is 6. The molecule has 1 saturated heterocycles. The van der Waals surface area contributed by atoms with Crippen molar-refractivity contribution in [3.8, 4) is 0 Å². The topological polar surface area (TPSA) is 163 Å². The minimum atomic E-state index is -1.05. The lowest BCUT2D eigenvalue weighted by Gasteiger charge is -2.28. The molecule has 3 unspecified atom stereocenters. The van der Waals surface area contributed by atoms with Gasteiger partial charge in [0.1, 0.15) is 12.1 Å². The van der Waals surface area contributed by atoms with Crippen LogP contribution in [0.1, 0.15) is 47.0 Å². The van der Waals surface area contributed by atoms with Crippen molar-refractivity contribution >= 4 is 47.1 Å². The van der Waals surface area contributed by atoms with Gasteiger partial charge in [-0.3, -0.25) is 19.2 Å². The highest BCUT2D eigenvalue weighted by Crippen LogP contribution is 2.22. The third-order valence-corrected chi connectivity index (χ3v) is 6.78. The molecule has 0 saturated carbocycles. The Balaban J connectivity index is 2.13. The zero-order chi connectivity index (χ0) is 29.8. The Morgan fingerprint density at radius 3 is 2.42 bits per heavy atom. The van der Waals surface area contributed by atoms with Crippen molar-refractivity contribution in [2.45, 2.75) is 70.0 Å². The molecule has 0 aromatic heterocycles. The van der Waals surface area contributed by atoms with E-state index in [2.05, 4.69) is 21.3 Å². The summed E-state index contributed by atoms with van der Waals surface area (Å²) in [5.74, 6) is -1.94. The molecule has 1 aliphatic rings. The summed E-state index contributed by atoms with van der Waals surface area (Å²) >= 11 is 1.54. The molecule has 2 rings (SSSR count). The van der Waals surface area contributed by atoms with Crippen molar-refractivity contribution in [1.29, 1.82) is 0 Å². The van der Waals surface area contributed by atoms with Gasteiger partial charge >= 0.3 is 6.03 Å². The molecule has 11 nitrogen and oxygen atoms in total. The number of benzene rings is 1. The van der Waals surface area contributed by atoms with Gasteiger partial charge in [-0.25, -0.2) is 4.79 Å². The van der Waals surface area contributed by atoms with Crippen molar-refractivity contribution in [2.24, 2.45) is 5.73 Å². The lowest BCUT2D eigenvalue weighted by molar-refractivity contribution is -0.137. The van der Waals surface area contributed by atoms with Gasteiger partial charge in [0, 0.05) is 35.8 Å². The molecule has 6 amide bonds. The Morgan fingerprint density at radius 2 is 1.80 bits per heavy atom. The van der Waals surface area contributed by atoms with Gasteiger partial charge in [0.15, 0.2) is 0 Å². The van der Waals surface area contributed by atoms with E-state index in [4.69, 9.17) is 5.73 Å². The Labute approximate surface area is 239 Å². The Hall–Kier alpha value is -3.80. The normalized spacial score (nSPS) is 16.8. The Bertz CT molecular complexity index is 1160. The highest BCUT2D eigenvalue weighted by atomic mass is 32.2. The van der Waals surface area contributed by atoms with Crippen molar-refractivity contribution in [1.82, 2.24) is 20.9 Å². The van der Waals surface area contributed by atoms with Crippen LogP contribution in [0.3, 0.4) is 0 Å². The summed E-state index contributed by atoms with van der Waals surface area (Å²) in [6.45, 7) is 7.69. The molecule has 0 aliphatic carbocycles. The first-order valence-electron chi connectivity index (χ1n) is 13.1. The first-order chi connectivity index (χ1) is 18.9. The standard InChI is InChI=1S/C28H40N6O5S/c1-17(2)14-23(35)30-12-7-10-22(26(29)37)32-27(38)25-21(11-13-34(25)24(36)15-18(3)4)33-28(39)31-19-8-6-9-20(16-19)40-5/h6,8-9,14-16,21-22,25H,7,10-13H2,1-5H3,(H2,29,37)(H,30,35)(H,32,38)(H2,31,33,39). The van der Waals surface area contributed by atoms with Gasteiger partial charge in [-0.2, -0.15) is 0 Å². The maximum absolute atomic E-state index is 13.5. The fourth-order valence-corrected chi connectivity index (χ4v) is 4.71. The van der Waals surface area contributed by atoms with E-state index in [9.17, 15) is 24.0 Å². The number of amides is 6. The summed E-state index contributed by atoms with van der Waals surface area (Å²) < 4.78 is 0. The molecule has 0 spiro atoms. The molecule has 1 heterocycles. The first-order valence-corrected chi connectivity index (χ1v) is 14.3. The molecule has 40 heavy (non-hydrogen) atoms. The number of urea groups is 1. The average molecular weight is 573 g/mol. The lowest BCUT2D eigenvalue weighted by Crippen LogP contribution is -2.58. The third-order valence-electron chi connectivity index (χ3n) is 6.05. The number of anilines is 1. The van der Waals surface area contributed by atoms with E-state index in [1.54, 1.807) is 19.9 Å². The van der Waals surface area contributed by atoms with Crippen molar-refractivity contribution in [3.63, 3.8) is 0 Å². The minimum Gasteiger partial charge on any atom is -0.368 e. The molecule has 0 radical (unpaired) electrons. The zero-order valence-electron chi connectivity index (χ0n) is 23.7. The molecule has 6 N–H and O–H groups in total. The van der Waals surface area contributed by atoms with Gasteiger partial charge in [0.25, 0.3) is 0 Å². The lowest BCUT2D eigenvalue weighted by atomic mass is 10.1. The maximum Gasteiger partial charge on any atom is 0.319 e. The smallest absolute Gasteiger partial charge is 0.319 e. The highest BCUT2D eigenvalue weighted by molar-refractivity contribution is 7.98. The van der Waals surface area contributed by atoms with Gasteiger partial charge in [0.05, 0.1) is 6.04 Å². The number of hydrogen-bond donors (Lipinski definition) is 5. The number of nitrogens with one attached hydrogen (secondary N) is 4. The van der Waals surface area contributed by atoms with Crippen LogP contribution in [0.2, 0.25) is 0 Å². The van der Waals surface area contributed by atoms with Crippen LogP contribution in [-0.2, 0) is 19.2 Å². The molecule has 1 aliphatic heterocycles. The summed E-state index contributed by atoms with van der Waals surface area (Å²) in [6.07, 6.45) is 5.75. The van der Waals surface area contributed by atoms with E-state index in [-0.39, 0.29) is 24.8 Å². The van der Waals surface area contributed by atoms with Gasteiger partial charge in [0.2, 0.25) is 23.6 Å². The number of primary amides is 1. The second-order valence-electron chi connectivity index (χ2n) is 10.0. The molecule has 0 bridgehead atoms. The number of allylic oxidation sites excluding steroid dienone is 2. The maximum atomic E-state index is 13.5. The second-order valence-corrected chi connectivity index (χ2v) is 10.9. The molecule has 218 valence electrons. The SMILES string of the molecule is CSc1cccc(NC(=O)NC2CCN(C(=O)C=C(C)C)C2C(=O)NC(CCCNC(=O)C=C(C)C)C(N)=O)c1. The molecule has 1 aromatic rings. The van der Waals surface area contributed by atoms with E-state index in [1.165, 1.54) is 28.8 Å². The van der Waals surface area contributed by atoms with E-state index in [0.29, 0.717) is 25.1 Å². The molecule has 3 atom stereocenters. The predicted octanol–water partition coefficient (Wildman–Crippen LogP) is 2.30. The third kappa shape index (κ3) is 10.4. The number of carbonyl (C=O) groups is 5. The van der Waals surface area contributed by atoms with Crippen LogP contribution >= 0.6 is 11.8 Å². The Kier molecular flexibility index (Phi) is 12.7. The summed E-state index contributed by atoms with van der Waals surface area (Å²) in [7, 11) is 0. The summed E-state index contributed by atoms with van der Waals surface area (Å²) in [5, 5.41) is 11.0. The van der Waals surface area contributed by atoms with Crippen molar-refractivity contribution < 1.29 is 24.0 Å². The van der Waals surface area contributed by atoms with Crippen LogP contribution in [0.4, 0.5) is 10.5 Å². The fraction of sp³-hybridized carbons (Fsp3) is 0.464. The minimum absolute atomic E-state index is 0.190. The summed E-state index contributed by atoms with van der Waals surface area (Å²) in [4.78, 5) is 65.5. The number of rotatable bonds is 12. The number of likely N-dealkylation sites (tertiary alicyclic amines) is 1. The quantitative estimate of drug-likeness (QED) is 0.147. The van der Waals surface area contributed by atoms with Crippen LogP contribution in [0, 0.1) is 0 Å². The summed E-state index contributed by atoms with van der Waals surface area (Å²) in [6, 6.07) is 4.04. The van der Waals surface area contributed by atoms with E-state index in [0.717, 1.165) is 16.0 Å². The van der Waals surface area contributed by atoms with Crippen LogP contribution in [-0.4, -0.2) is 72.0 Å².